The van der Waals surface area contributed by atoms with E-state index in [1.807, 2.05) is 0 Å². The van der Waals surface area contributed by atoms with Crippen molar-refractivity contribution in [2.45, 2.75) is 25.8 Å². The summed E-state index contributed by atoms with van der Waals surface area (Å²) in [5.74, 6) is -0.833. The number of amides is 2. The zero-order chi connectivity index (χ0) is 23.6. The Hall–Kier alpha value is -3.35. The molecule has 0 aliphatic carbocycles. The molecule has 0 saturated heterocycles. The third-order valence-electron chi connectivity index (χ3n) is 4.34. The summed E-state index contributed by atoms with van der Waals surface area (Å²) in [6, 6.07) is 1.61. The van der Waals surface area contributed by atoms with Crippen LogP contribution >= 0.6 is 11.3 Å². The van der Waals surface area contributed by atoms with Crippen LogP contribution in [0.25, 0.3) is 5.13 Å². The molecule has 1 N–H and O–H groups in total. The number of halogens is 4. The predicted octanol–water partition coefficient (Wildman–Crippen LogP) is 3.79. The van der Waals surface area contributed by atoms with Gasteiger partial charge in [0.1, 0.15) is 11.2 Å². The highest BCUT2D eigenvalue weighted by atomic mass is 32.1. The van der Waals surface area contributed by atoms with E-state index in [4.69, 9.17) is 0 Å². The van der Waals surface area contributed by atoms with Crippen LogP contribution in [0.5, 0.6) is 0 Å². The van der Waals surface area contributed by atoms with Crippen molar-refractivity contribution < 1.29 is 27.2 Å². The van der Waals surface area contributed by atoms with Crippen molar-refractivity contribution in [1.29, 1.82) is 0 Å². The van der Waals surface area contributed by atoms with E-state index < -0.39 is 35.9 Å². The van der Waals surface area contributed by atoms with E-state index in [-0.39, 0.29) is 17.3 Å². The highest BCUT2D eigenvalue weighted by Crippen LogP contribution is 2.27. The van der Waals surface area contributed by atoms with E-state index in [2.05, 4.69) is 20.4 Å². The van der Waals surface area contributed by atoms with Gasteiger partial charge in [0.15, 0.2) is 5.82 Å². The summed E-state index contributed by atoms with van der Waals surface area (Å²) in [4.78, 5) is 34.7. The van der Waals surface area contributed by atoms with E-state index in [1.54, 1.807) is 21.0 Å². The second-order valence-electron chi connectivity index (χ2n) is 6.92. The van der Waals surface area contributed by atoms with E-state index in [0.29, 0.717) is 16.1 Å². The Balaban J connectivity index is 1.84. The Kier molecular flexibility index (Phi) is 6.87. The summed E-state index contributed by atoms with van der Waals surface area (Å²) in [5, 5.41) is 6.92. The zero-order valence-corrected chi connectivity index (χ0v) is 17.9. The third kappa shape index (κ3) is 4.93. The average Bonchev–Trinajstić information content (AvgIpc) is 3.41. The molecule has 0 fully saturated rings. The van der Waals surface area contributed by atoms with Gasteiger partial charge in [0, 0.05) is 30.8 Å². The van der Waals surface area contributed by atoms with Gasteiger partial charge in [0.25, 0.3) is 24.7 Å². The van der Waals surface area contributed by atoms with Crippen molar-refractivity contribution in [3.8, 4) is 5.13 Å². The summed E-state index contributed by atoms with van der Waals surface area (Å²) >= 11 is 1.06. The first-order valence-electron chi connectivity index (χ1n) is 9.18. The number of carbonyl (C=O) groups excluding carboxylic acids is 2. The molecule has 3 aromatic rings. The van der Waals surface area contributed by atoms with Crippen LogP contribution in [0.3, 0.4) is 0 Å². The normalized spacial score (nSPS) is 12.3. The highest BCUT2D eigenvalue weighted by molar-refractivity contribution is 7.16. The lowest BCUT2D eigenvalue weighted by molar-refractivity contribution is 0.0831. The number of aromatic nitrogens is 4. The Labute approximate surface area is 183 Å². The monoisotopic (exact) mass is 470 g/mol. The molecular formula is C19H18F4N6O2S. The molecule has 170 valence electrons. The van der Waals surface area contributed by atoms with Crippen molar-refractivity contribution in [3.63, 3.8) is 0 Å². The summed E-state index contributed by atoms with van der Waals surface area (Å²) in [5.41, 5.74) is -1.68. The van der Waals surface area contributed by atoms with Crippen LogP contribution in [0.2, 0.25) is 0 Å². The second-order valence-corrected chi connectivity index (χ2v) is 7.93. The molecule has 2 amide bonds. The lowest BCUT2D eigenvalue weighted by Crippen LogP contribution is -2.29. The minimum atomic E-state index is -3.01. The number of thiazole rings is 1. The highest BCUT2D eigenvalue weighted by Gasteiger charge is 2.23. The number of alkyl halides is 4. The van der Waals surface area contributed by atoms with Crippen LogP contribution < -0.4 is 5.32 Å². The zero-order valence-electron chi connectivity index (χ0n) is 17.1. The maximum atomic E-state index is 13.1. The molecule has 0 aliphatic heterocycles. The number of benzene rings is 1. The number of hydrogen-bond donors (Lipinski definition) is 1. The Morgan fingerprint density at radius 2 is 1.69 bits per heavy atom. The second kappa shape index (κ2) is 9.42. The quantitative estimate of drug-likeness (QED) is 0.531. The first-order valence-corrected chi connectivity index (χ1v) is 10.00. The Morgan fingerprint density at radius 3 is 2.25 bits per heavy atom. The molecule has 32 heavy (non-hydrogen) atoms. The average molecular weight is 470 g/mol. The first-order chi connectivity index (χ1) is 15.1. The molecule has 2 heterocycles. The molecule has 1 aromatic carbocycles. The number of rotatable bonds is 7. The van der Waals surface area contributed by atoms with Gasteiger partial charge in [-0.2, -0.15) is 9.78 Å². The van der Waals surface area contributed by atoms with Crippen LogP contribution in [0.1, 0.15) is 62.8 Å². The SMILES string of the molecule is C[C@H](NC(=O)c1cc(C(F)F)cc(C(F)F)c1)c1ncnn1-c1ncc(C(=O)N(C)C)s1. The van der Waals surface area contributed by atoms with Gasteiger partial charge in [-0.15, -0.1) is 0 Å². The maximum absolute atomic E-state index is 13.1. The lowest BCUT2D eigenvalue weighted by atomic mass is 10.0. The minimum Gasteiger partial charge on any atom is -0.344 e. The molecular weight excluding hydrogens is 452 g/mol. The largest absolute Gasteiger partial charge is 0.344 e. The topological polar surface area (TPSA) is 93.0 Å². The van der Waals surface area contributed by atoms with E-state index in [1.165, 1.54) is 22.1 Å². The molecule has 0 aliphatic rings. The Bertz CT molecular complexity index is 1100. The third-order valence-corrected chi connectivity index (χ3v) is 5.31. The van der Waals surface area contributed by atoms with Gasteiger partial charge in [-0.05, 0) is 25.1 Å². The smallest absolute Gasteiger partial charge is 0.265 e. The van der Waals surface area contributed by atoms with Crippen molar-refractivity contribution in [2.75, 3.05) is 14.1 Å². The lowest BCUT2D eigenvalue weighted by Gasteiger charge is -2.15. The Morgan fingerprint density at radius 1 is 1.06 bits per heavy atom. The van der Waals surface area contributed by atoms with Gasteiger partial charge in [-0.1, -0.05) is 11.3 Å². The van der Waals surface area contributed by atoms with Crippen LogP contribution in [-0.2, 0) is 0 Å². The van der Waals surface area contributed by atoms with Crippen LogP contribution in [-0.4, -0.2) is 50.6 Å². The van der Waals surface area contributed by atoms with Gasteiger partial charge in [0.2, 0.25) is 5.13 Å². The fourth-order valence-corrected chi connectivity index (χ4v) is 3.68. The van der Waals surface area contributed by atoms with Crippen molar-refractivity contribution in [2.24, 2.45) is 0 Å². The minimum absolute atomic E-state index is 0.245. The number of nitrogens with zero attached hydrogens (tertiary/aromatic N) is 5. The van der Waals surface area contributed by atoms with Crippen molar-refractivity contribution in [3.05, 3.63) is 58.1 Å². The molecule has 13 heteroatoms. The van der Waals surface area contributed by atoms with Gasteiger partial charge in [0.05, 0.1) is 12.2 Å². The van der Waals surface area contributed by atoms with E-state index in [0.717, 1.165) is 23.5 Å². The van der Waals surface area contributed by atoms with Gasteiger partial charge in [-0.25, -0.2) is 27.5 Å². The molecule has 8 nitrogen and oxygen atoms in total. The molecule has 0 unspecified atom stereocenters. The molecule has 0 spiro atoms. The van der Waals surface area contributed by atoms with Crippen molar-refractivity contribution >= 4 is 23.2 Å². The molecule has 2 aromatic heterocycles. The van der Waals surface area contributed by atoms with Crippen molar-refractivity contribution in [1.82, 2.24) is 30.0 Å². The molecule has 0 radical (unpaired) electrons. The fraction of sp³-hybridized carbons (Fsp3) is 0.316. The number of carbonyl (C=O) groups is 2. The van der Waals surface area contributed by atoms with Crippen LogP contribution in [0, 0.1) is 0 Å². The molecule has 0 saturated carbocycles. The van der Waals surface area contributed by atoms with E-state index in [9.17, 15) is 27.2 Å². The molecule has 0 bridgehead atoms. The summed E-state index contributed by atoms with van der Waals surface area (Å²) in [7, 11) is 3.20. The fourth-order valence-electron chi connectivity index (χ4n) is 2.78. The maximum Gasteiger partial charge on any atom is 0.265 e. The number of hydrogen-bond acceptors (Lipinski definition) is 6. The van der Waals surface area contributed by atoms with Crippen LogP contribution in [0.15, 0.2) is 30.7 Å². The van der Waals surface area contributed by atoms with E-state index >= 15 is 0 Å². The van der Waals surface area contributed by atoms with Gasteiger partial charge < -0.3 is 10.2 Å². The molecule has 1 atom stereocenters. The summed E-state index contributed by atoms with van der Waals surface area (Å²) < 4.78 is 53.6. The van der Waals surface area contributed by atoms with Crippen LogP contribution in [0.4, 0.5) is 17.6 Å². The summed E-state index contributed by atoms with van der Waals surface area (Å²) in [6.07, 6.45) is -3.41. The standard InChI is InChI=1S/C19H18F4N6O2S/c1-9(27-17(30)12-5-10(14(20)21)4-11(6-12)15(22)23)16-25-8-26-29(16)19-24-7-13(32-19)18(31)28(2)3/h4-9,14-15H,1-3H3,(H,27,30)/t9-/m0/s1. The number of nitrogens with one attached hydrogen (secondary N) is 1. The summed E-state index contributed by atoms with van der Waals surface area (Å²) in [6.45, 7) is 1.56. The molecule has 3 rings (SSSR count). The predicted molar refractivity (Wildman–Crippen MR) is 107 cm³/mol. The van der Waals surface area contributed by atoms with Gasteiger partial charge >= 0.3 is 0 Å². The van der Waals surface area contributed by atoms with Gasteiger partial charge in [-0.3, -0.25) is 9.59 Å². The first kappa shape index (κ1) is 23.3.